The molecule has 43 valence electrons. The van der Waals surface area contributed by atoms with Crippen molar-refractivity contribution in [3.8, 4) is 0 Å². The molecule has 0 bridgehead atoms. The molecule has 0 saturated carbocycles. The Balaban J connectivity index is 0. The van der Waals surface area contributed by atoms with Crippen LogP contribution in [0.3, 0.4) is 0 Å². The smallest absolute Gasteiger partial charge is 0 e. The number of rotatable bonds is 3. The minimum Gasteiger partial charge on any atom is 0 e. The molecule has 0 unspecified atom stereocenters. The van der Waals surface area contributed by atoms with Gasteiger partial charge in [0, 0.05) is 29.6 Å². The minimum atomic E-state index is -2.95. The minimum absolute atomic E-state index is 0. The second-order valence-corrected chi connectivity index (χ2v) is 0.698. The molecule has 0 N–H and O–H groups in total. The normalized spacial score (nSPS) is 7.38. The van der Waals surface area contributed by atoms with Crippen molar-refractivity contribution >= 4 is 37.0 Å². The van der Waals surface area contributed by atoms with Gasteiger partial charge in [0.1, 0.15) is 0 Å². The van der Waals surface area contributed by atoms with Gasteiger partial charge in [0.2, 0.25) is 0 Å². The van der Waals surface area contributed by atoms with Crippen LogP contribution in [0.2, 0.25) is 0 Å². The first-order valence-electron chi connectivity index (χ1n) is 1.18. The second kappa shape index (κ2) is 8.16. The first-order chi connectivity index (χ1) is 3.27. The molecule has 0 aliphatic rings. The molecule has 0 aliphatic heterocycles. The van der Waals surface area contributed by atoms with Crippen molar-refractivity contribution in [3.05, 3.63) is 0 Å². The monoisotopic (exact) mass is 174 g/mol. The van der Waals surface area contributed by atoms with Gasteiger partial charge in [-0.1, -0.05) is 0 Å². The topological polar surface area (TPSA) is 30.8 Å². The standard InChI is InChI=1S/BF2NO2.Fe.Na/c2-1(3)5-6-4;;. The second-order valence-electron chi connectivity index (χ2n) is 0.496. The molecule has 0 aromatic rings. The van der Waals surface area contributed by atoms with Crippen molar-refractivity contribution in [1.82, 2.24) is 0 Å². The third kappa shape index (κ3) is 10.2. The first-order valence-corrected chi connectivity index (χ1v) is 1.67. The van der Waals surface area contributed by atoms with Crippen molar-refractivity contribution in [2.75, 3.05) is 0 Å². The zero-order valence-electron chi connectivity index (χ0n) is 3.95. The van der Waals surface area contributed by atoms with E-state index in [1.165, 1.54) is 0 Å². The fourth-order valence-corrected chi connectivity index (χ4v) is 0.0953. The molecule has 0 rings (SSSR count). The molecule has 0 heterocycles. The quantitative estimate of drug-likeness (QED) is 0.345. The fraction of sp³-hybridized carbons (Fsp3) is 0. The van der Waals surface area contributed by atoms with E-state index in [2.05, 4.69) is 29.7 Å². The zero-order chi connectivity index (χ0) is 5.70. The van der Waals surface area contributed by atoms with Gasteiger partial charge in [0.05, 0.1) is 0 Å². The van der Waals surface area contributed by atoms with E-state index in [-0.39, 0.29) is 29.6 Å². The van der Waals surface area contributed by atoms with Crippen LogP contribution in [-0.2, 0) is 25.6 Å². The molecule has 8 heavy (non-hydrogen) atoms. The summed E-state index contributed by atoms with van der Waals surface area (Å²) in [5, 5.41) is 0. The van der Waals surface area contributed by atoms with Gasteiger partial charge in [-0.15, -0.1) is 0 Å². The molecule has 0 saturated heterocycles. The van der Waals surface area contributed by atoms with Gasteiger partial charge in [0.15, 0.2) is 0 Å². The van der Waals surface area contributed by atoms with Crippen LogP contribution in [0, 0.1) is 0 Å². The Morgan fingerprint density at radius 1 is 1.50 bits per heavy atom. The molecule has 0 amide bonds. The Labute approximate surface area is 75.1 Å². The average Bonchev–Trinajstić information content (AvgIpc) is 1.61. The summed E-state index contributed by atoms with van der Waals surface area (Å²) in [6.45, 7) is 0. The van der Waals surface area contributed by atoms with Crippen LogP contribution < -0.4 is 0 Å². The fourth-order valence-electron chi connectivity index (χ4n) is 0.0477. The summed E-state index contributed by atoms with van der Waals surface area (Å²) in [4.78, 5) is 6.49. The third-order valence-corrected chi connectivity index (χ3v) is 0.224. The Hall–Kier alpha value is 1.16. The number of halogens is 2. The molecule has 0 spiro atoms. The Morgan fingerprint density at radius 3 is 2.12 bits per heavy atom. The van der Waals surface area contributed by atoms with E-state index >= 15 is 0 Å². The van der Waals surface area contributed by atoms with Crippen molar-refractivity contribution < 1.29 is 34.2 Å². The largest absolute Gasteiger partial charge is 0 e. The Bertz CT molecular complexity index is 64.0. The van der Waals surface area contributed by atoms with Crippen molar-refractivity contribution in [2.45, 2.75) is 0 Å². The predicted octanol–water partition coefficient (Wildman–Crippen LogP) is 0.123. The summed E-state index contributed by atoms with van der Waals surface area (Å²) in [7, 11) is -2.95. The summed E-state index contributed by atoms with van der Waals surface area (Å²) in [5.41, 5.74) is 0. The summed E-state index contributed by atoms with van der Waals surface area (Å²) < 4.78 is 24.1. The van der Waals surface area contributed by atoms with Crippen molar-refractivity contribution in [3.63, 3.8) is 0 Å². The molecule has 0 aliphatic carbocycles. The molecule has 3 nitrogen and oxygen atoms in total. The van der Waals surface area contributed by atoms with Crippen LogP contribution in [0.25, 0.3) is 0 Å². The third-order valence-electron chi connectivity index (χ3n) is 0.142. The number of nitrogens with zero attached hydrogens (tertiary/aromatic N) is 1. The summed E-state index contributed by atoms with van der Waals surface area (Å²) >= 11 is 2.70. The van der Waals surface area contributed by atoms with Gasteiger partial charge in [0.25, 0.3) is 0 Å². The van der Waals surface area contributed by atoms with E-state index in [9.17, 15) is 8.63 Å². The van der Waals surface area contributed by atoms with Crippen LogP contribution in [-0.4, -0.2) is 37.0 Å². The molecule has 0 aromatic carbocycles. The van der Waals surface area contributed by atoms with Crippen LogP contribution in [0.1, 0.15) is 0 Å². The molecule has 1 radical (unpaired) electrons. The summed E-state index contributed by atoms with van der Waals surface area (Å²) in [5.74, 6) is 0. The maximum atomic E-state index is 10.8. The zero-order valence-corrected chi connectivity index (χ0v) is 7.05. The van der Waals surface area contributed by atoms with Gasteiger partial charge in [-0.2, -0.15) is 0 Å². The summed E-state index contributed by atoms with van der Waals surface area (Å²) in [6.07, 6.45) is 0. The SMILES string of the molecule is FB(F)OO[N]=[Fe].[Na]. The van der Waals surface area contributed by atoms with Crippen LogP contribution in [0.4, 0.5) is 8.63 Å². The van der Waals surface area contributed by atoms with Gasteiger partial charge in [-0.3, -0.25) is 0 Å². The molecule has 8 heteroatoms. The van der Waals surface area contributed by atoms with Crippen molar-refractivity contribution in [2.24, 2.45) is 4.13 Å². The van der Waals surface area contributed by atoms with Crippen LogP contribution in [0.15, 0.2) is 4.13 Å². The number of hydrogen-bond acceptors (Lipinski definition) is 3. The van der Waals surface area contributed by atoms with E-state index in [1.54, 1.807) is 0 Å². The molecule has 0 fully saturated rings. The van der Waals surface area contributed by atoms with Crippen LogP contribution >= 0.6 is 0 Å². The van der Waals surface area contributed by atoms with Gasteiger partial charge < -0.3 is 0 Å². The van der Waals surface area contributed by atoms with Gasteiger partial charge >= 0.3 is 45.8 Å². The van der Waals surface area contributed by atoms with Crippen LogP contribution in [0.5, 0.6) is 0 Å². The molecular formula is BF2FeNNaO2. The van der Waals surface area contributed by atoms with E-state index in [1.807, 2.05) is 0 Å². The van der Waals surface area contributed by atoms with E-state index in [0.717, 1.165) is 0 Å². The maximum absolute atomic E-state index is 10.8. The van der Waals surface area contributed by atoms with E-state index < -0.39 is 7.47 Å². The molecular weight excluding hydrogens is 174 g/mol. The first kappa shape index (κ1) is 11.9. The van der Waals surface area contributed by atoms with Gasteiger partial charge in [-0.25, -0.2) is 0 Å². The Kier molecular flexibility index (Phi) is 12.1. The molecule has 0 aromatic heterocycles. The Morgan fingerprint density at radius 2 is 2.00 bits per heavy atom. The number of hydrogen-bond donors (Lipinski definition) is 0. The summed E-state index contributed by atoms with van der Waals surface area (Å²) in [6, 6.07) is 0. The predicted molar refractivity (Wildman–Crippen MR) is 18.3 cm³/mol. The van der Waals surface area contributed by atoms with Crippen molar-refractivity contribution in [1.29, 1.82) is 0 Å². The van der Waals surface area contributed by atoms with Gasteiger partial charge in [-0.05, 0) is 0 Å². The average molecular weight is 174 g/mol. The maximum Gasteiger partial charge on any atom is 0 e. The molecule has 0 atom stereocenters. The van der Waals surface area contributed by atoms with E-state index in [0.29, 0.717) is 0 Å². The van der Waals surface area contributed by atoms with E-state index in [4.69, 9.17) is 0 Å².